The number of carboxylic acid groups (broad SMARTS) is 1. The Morgan fingerprint density at radius 1 is 1.17 bits per heavy atom. The number of benzene rings is 2. The summed E-state index contributed by atoms with van der Waals surface area (Å²) in [5.74, 6) is -1.19. The molecule has 1 amide bonds. The fourth-order valence-corrected chi connectivity index (χ4v) is 3.49. The molecule has 1 heterocycles. The number of nitrogens with zero attached hydrogens (tertiary/aromatic N) is 1. The van der Waals surface area contributed by atoms with Gasteiger partial charge < -0.3 is 25.0 Å². The van der Waals surface area contributed by atoms with Crippen LogP contribution in [0.25, 0.3) is 6.08 Å². The Bertz CT molecular complexity index is 1040. The van der Waals surface area contributed by atoms with Crippen LogP contribution < -0.4 is 14.8 Å². The van der Waals surface area contributed by atoms with Crippen molar-refractivity contribution in [1.29, 1.82) is 0 Å². The van der Waals surface area contributed by atoms with Crippen LogP contribution in [0.5, 0.6) is 17.2 Å². The largest absolute Gasteiger partial charge is 0.502 e. The molecule has 0 aromatic heterocycles. The zero-order valence-electron chi connectivity index (χ0n) is 15.8. The van der Waals surface area contributed by atoms with Crippen molar-refractivity contribution < 1.29 is 29.3 Å². The maximum atomic E-state index is 12.3. The highest BCUT2D eigenvalue weighted by Gasteiger charge is 2.25. The maximum absolute atomic E-state index is 12.3. The molecule has 0 aliphatic carbocycles. The van der Waals surface area contributed by atoms with Gasteiger partial charge >= 0.3 is 5.97 Å². The molecule has 3 N–H and O–H groups in total. The Hall–Kier alpha value is -3.46. The number of carbonyl (C=O) groups is 2. The van der Waals surface area contributed by atoms with Crippen LogP contribution in [0.2, 0.25) is 0 Å². The van der Waals surface area contributed by atoms with E-state index >= 15 is 0 Å². The summed E-state index contributed by atoms with van der Waals surface area (Å²) < 4.78 is 10.2. The van der Waals surface area contributed by atoms with E-state index in [2.05, 4.69) is 10.3 Å². The summed E-state index contributed by atoms with van der Waals surface area (Å²) in [5.41, 5.74) is 1.73. The maximum Gasteiger partial charge on any atom is 0.337 e. The van der Waals surface area contributed by atoms with Crippen molar-refractivity contribution in [2.45, 2.75) is 6.92 Å². The molecule has 1 saturated heterocycles. The second-order valence-electron chi connectivity index (χ2n) is 6.08. The summed E-state index contributed by atoms with van der Waals surface area (Å²) in [4.78, 5) is 28.4. The van der Waals surface area contributed by atoms with Gasteiger partial charge in [-0.05, 0) is 60.2 Å². The number of aromatic carboxylic acids is 1. The van der Waals surface area contributed by atoms with Crippen LogP contribution in [-0.4, -0.2) is 41.5 Å². The lowest BCUT2D eigenvalue weighted by atomic mass is 10.1. The predicted molar refractivity (Wildman–Crippen MR) is 110 cm³/mol. The van der Waals surface area contributed by atoms with E-state index in [4.69, 9.17) is 9.47 Å². The Morgan fingerprint density at radius 3 is 2.41 bits per heavy atom. The third-order valence-electron chi connectivity index (χ3n) is 4.06. The smallest absolute Gasteiger partial charge is 0.337 e. The first kappa shape index (κ1) is 20.3. The van der Waals surface area contributed by atoms with Crippen molar-refractivity contribution in [3.05, 3.63) is 51.9 Å². The number of nitrogens with one attached hydrogen (secondary N) is 1. The van der Waals surface area contributed by atoms with Gasteiger partial charge in [0, 0.05) is 0 Å². The third kappa shape index (κ3) is 4.35. The van der Waals surface area contributed by atoms with Crippen molar-refractivity contribution >= 4 is 40.6 Å². The van der Waals surface area contributed by atoms with Gasteiger partial charge in [0.2, 0.25) is 5.75 Å². The number of hydrogen-bond donors (Lipinski definition) is 3. The van der Waals surface area contributed by atoms with Gasteiger partial charge in [-0.2, -0.15) is 0 Å². The van der Waals surface area contributed by atoms with E-state index in [9.17, 15) is 19.8 Å². The molecular weight excluding hydrogens is 396 g/mol. The first-order valence-corrected chi connectivity index (χ1v) is 9.22. The number of hydrogen-bond acceptors (Lipinski definition) is 7. The van der Waals surface area contributed by atoms with Gasteiger partial charge in [0.05, 0.1) is 30.4 Å². The van der Waals surface area contributed by atoms with E-state index in [1.807, 2.05) is 6.92 Å². The van der Waals surface area contributed by atoms with Crippen LogP contribution in [0, 0.1) is 6.92 Å². The molecule has 1 fully saturated rings. The number of aromatic hydroxyl groups is 1. The summed E-state index contributed by atoms with van der Waals surface area (Å²) in [6, 6.07) is 7.93. The van der Waals surface area contributed by atoms with Gasteiger partial charge in [-0.1, -0.05) is 6.07 Å². The minimum Gasteiger partial charge on any atom is -0.502 e. The van der Waals surface area contributed by atoms with Crippen LogP contribution in [-0.2, 0) is 4.79 Å². The summed E-state index contributed by atoms with van der Waals surface area (Å²) in [6.07, 6.45) is 1.60. The van der Waals surface area contributed by atoms with Crippen LogP contribution in [0.3, 0.4) is 0 Å². The van der Waals surface area contributed by atoms with Gasteiger partial charge in [0.25, 0.3) is 5.91 Å². The quantitative estimate of drug-likeness (QED) is 0.643. The van der Waals surface area contributed by atoms with Crippen molar-refractivity contribution in [3.63, 3.8) is 0 Å². The number of ether oxygens (including phenoxy) is 2. The monoisotopic (exact) mass is 414 g/mol. The second-order valence-corrected chi connectivity index (χ2v) is 7.11. The zero-order valence-corrected chi connectivity index (χ0v) is 16.7. The van der Waals surface area contributed by atoms with Crippen LogP contribution in [0.15, 0.2) is 40.2 Å². The van der Waals surface area contributed by atoms with Gasteiger partial charge in [0.1, 0.15) is 0 Å². The minimum atomic E-state index is -1.10. The number of amides is 1. The van der Waals surface area contributed by atoms with E-state index < -0.39 is 5.97 Å². The molecule has 0 spiro atoms. The topological polar surface area (TPSA) is 117 Å². The Kier molecular flexibility index (Phi) is 5.79. The highest BCUT2D eigenvalue weighted by atomic mass is 32.2. The first-order chi connectivity index (χ1) is 13.8. The highest BCUT2D eigenvalue weighted by Crippen LogP contribution is 2.38. The summed E-state index contributed by atoms with van der Waals surface area (Å²) in [6.45, 7) is 1.83. The molecule has 8 nitrogen and oxygen atoms in total. The molecule has 0 unspecified atom stereocenters. The molecular formula is C20H18N2O6S. The number of phenols is 1. The van der Waals surface area contributed by atoms with Gasteiger partial charge in [0.15, 0.2) is 16.7 Å². The fraction of sp³-hybridized carbons (Fsp3) is 0.150. The molecule has 0 atom stereocenters. The molecule has 9 heteroatoms. The number of methoxy groups -OCH3 is 2. The Balaban J connectivity index is 1.95. The Labute approximate surface area is 170 Å². The summed E-state index contributed by atoms with van der Waals surface area (Å²) >= 11 is 1.08. The molecule has 1 aliphatic heterocycles. The van der Waals surface area contributed by atoms with Gasteiger partial charge in [-0.25, -0.2) is 9.79 Å². The molecule has 29 heavy (non-hydrogen) atoms. The molecule has 0 radical (unpaired) electrons. The predicted octanol–water partition coefficient (Wildman–Crippen LogP) is 3.31. The number of rotatable bonds is 5. The van der Waals surface area contributed by atoms with E-state index in [1.54, 1.807) is 30.3 Å². The number of carboxylic acids is 1. The van der Waals surface area contributed by atoms with Gasteiger partial charge in [-0.3, -0.25) is 4.79 Å². The van der Waals surface area contributed by atoms with Crippen molar-refractivity contribution in [1.82, 2.24) is 5.32 Å². The molecule has 2 aromatic rings. The van der Waals surface area contributed by atoms with Crippen LogP contribution >= 0.6 is 11.8 Å². The molecule has 0 bridgehead atoms. The second kappa shape index (κ2) is 8.27. The number of phenolic OH excluding ortho intramolecular Hbond substituents is 1. The standard InChI is InChI=1S/C20H18N2O6S/c1-10-4-5-12(19(25)26)13(6-10)21-20-22-18(24)16(29-20)9-11-7-14(27-2)17(23)15(8-11)28-3/h4-9,23H,1-3H3,(H,25,26)(H,21,22,24)/b16-9-. The average molecular weight is 414 g/mol. The summed E-state index contributed by atoms with van der Waals surface area (Å²) in [5, 5.41) is 22.2. The van der Waals surface area contributed by atoms with E-state index in [-0.39, 0.29) is 39.6 Å². The average Bonchev–Trinajstić information content (AvgIpc) is 3.01. The van der Waals surface area contributed by atoms with E-state index in [0.29, 0.717) is 10.5 Å². The highest BCUT2D eigenvalue weighted by molar-refractivity contribution is 8.18. The fourth-order valence-electron chi connectivity index (χ4n) is 2.65. The molecule has 1 aliphatic rings. The molecule has 0 saturated carbocycles. The van der Waals surface area contributed by atoms with Crippen molar-refractivity contribution in [3.8, 4) is 17.2 Å². The number of aliphatic imine (C=N–C) groups is 1. The number of amidine groups is 1. The van der Waals surface area contributed by atoms with Crippen molar-refractivity contribution in [2.24, 2.45) is 4.99 Å². The van der Waals surface area contributed by atoms with Crippen LogP contribution in [0.4, 0.5) is 5.69 Å². The summed E-state index contributed by atoms with van der Waals surface area (Å²) in [7, 11) is 2.82. The lowest BCUT2D eigenvalue weighted by Gasteiger charge is -2.09. The number of aryl methyl sites for hydroxylation is 1. The SMILES string of the molecule is COc1cc(/C=C2\SC(=Nc3cc(C)ccc3C(=O)O)NC2=O)cc(OC)c1O. The molecule has 150 valence electrons. The van der Waals surface area contributed by atoms with E-state index in [0.717, 1.165) is 17.3 Å². The molecule has 2 aromatic carbocycles. The molecule has 3 rings (SSSR count). The number of carbonyl (C=O) groups excluding carboxylic acids is 1. The van der Waals surface area contributed by atoms with Crippen molar-refractivity contribution in [2.75, 3.05) is 14.2 Å². The third-order valence-corrected chi connectivity index (χ3v) is 4.97. The minimum absolute atomic E-state index is 0.0448. The van der Waals surface area contributed by atoms with Gasteiger partial charge in [-0.15, -0.1) is 0 Å². The van der Waals surface area contributed by atoms with E-state index in [1.165, 1.54) is 20.3 Å². The lowest BCUT2D eigenvalue weighted by molar-refractivity contribution is -0.115. The van der Waals surface area contributed by atoms with Crippen LogP contribution in [0.1, 0.15) is 21.5 Å². The number of thioether (sulfide) groups is 1. The normalized spacial score (nSPS) is 16.2. The first-order valence-electron chi connectivity index (χ1n) is 8.41. The Morgan fingerprint density at radius 2 is 1.83 bits per heavy atom. The zero-order chi connectivity index (χ0) is 21.1. The lowest BCUT2D eigenvalue weighted by Crippen LogP contribution is -2.19.